The van der Waals surface area contributed by atoms with E-state index >= 15 is 0 Å². The summed E-state index contributed by atoms with van der Waals surface area (Å²) in [6.07, 6.45) is 5.19. The third-order valence-corrected chi connectivity index (χ3v) is 2.90. The molecular formula is C12H20N2O4. The number of aliphatic hydroxyl groups excluding tert-OH is 1. The van der Waals surface area contributed by atoms with E-state index in [-0.39, 0.29) is 0 Å². The Morgan fingerprint density at radius 3 is 2.72 bits per heavy atom. The molecule has 102 valence electrons. The van der Waals surface area contributed by atoms with Crippen molar-refractivity contribution in [3.05, 3.63) is 11.6 Å². The lowest BCUT2D eigenvalue weighted by Gasteiger charge is -2.17. The third kappa shape index (κ3) is 4.75. The maximum Gasteiger partial charge on any atom is 0.328 e. The summed E-state index contributed by atoms with van der Waals surface area (Å²) in [6, 6.07) is -1.85. The molecule has 2 unspecified atom stereocenters. The Kier molecular flexibility index (Phi) is 5.64. The minimum absolute atomic E-state index is 0.476. The van der Waals surface area contributed by atoms with Crippen LogP contribution in [-0.2, 0) is 4.79 Å². The number of carboxylic acid groups (broad SMARTS) is 1. The van der Waals surface area contributed by atoms with Gasteiger partial charge in [-0.3, -0.25) is 0 Å². The molecule has 0 saturated carbocycles. The van der Waals surface area contributed by atoms with E-state index < -0.39 is 24.1 Å². The first-order valence-corrected chi connectivity index (χ1v) is 6.14. The van der Waals surface area contributed by atoms with Gasteiger partial charge in [-0.25, -0.2) is 9.59 Å². The molecule has 6 nitrogen and oxygen atoms in total. The second-order valence-corrected chi connectivity index (χ2v) is 4.46. The van der Waals surface area contributed by atoms with Gasteiger partial charge in [-0.15, -0.1) is 0 Å². The average molecular weight is 256 g/mol. The Hall–Kier alpha value is -1.56. The van der Waals surface area contributed by atoms with Crippen molar-refractivity contribution in [2.75, 3.05) is 6.54 Å². The fourth-order valence-corrected chi connectivity index (χ4v) is 1.88. The molecule has 0 spiro atoms. The summed E-state index contributed by atoms with van der Waals surface area (Å²) in [4.78, 5) is 22.2. The van der Waals surface area contributed by atoms with Crippen molar-refractivity contribution >= 4 is 12.0 Å². The smallest absolute Gasteiger partial charge is 0.328 e. The van der Waals surface area contributed by atoms with Gasteiger partial charge < -0.3 is 20.8 Å². The summed E-state index contributed by atoms with van der Waals surface area (Å²) >= 11 is 0. The maximum atomic E-state index is 11.4. The molecule has 4 N–H and O–H groups in total. The van der Waals surface area contributed by atoms with Gasteiger partial charge in [0.2, 0.25) is 0 Å². The van der Waals surface area contributed by atoms with E-state index in [1.54, 1.807) is 0 Å². The molecule has 0 radical (unpaired) electrons. The highest BCUT2D eigenvalue weighted by atomic mass is 16.4. The van der Waals surface area contributed by atoms with Crippen LogP contribution in [0.1, 0.15) is 32.6 Å². The van der Waals surface area contributed by atoms with Gasteiger partial charge in [0.1, 0.15) is 0 Å². The van der Waals surface area contributed by atoms with Crippen LogP contribution in [0, 0.1) is 0 Å². The van der Waals surface area contributed by atoms with Crippen molar-refractivity contribution in [3.8, 4) is 0 Å². The minimum atomic E-state index is -1.28. The lowest BCUT2D eigenvalue weighted by atomic mass is 10.2. The van der Waals surface area contributed by atoms with Crippen molar-refractivity contribution in [1.82, 2.24) is 10.6 Å². The molecule has 6 heteroatoms. The number of aliphatic hydroxyl groups is 1. The SMILES string of the molecule is CC(O)C(NC(=O)NCCC1=CCCC1)C(=O)O. The Balaban J connectivity index is 2.25. The highest BCUT2D eigenvalue weighted by Crippen LogP contribution is 2.19. The number of amides is 2. The number of carbonyl (C=O) groups excluding carboxylic acids is 1. The normalized spacial score (nSPS) is 17.8. The van der Waals surface area contributed by atoms with Crippen LogP contribution in [0.15, 0.2) is 11.6 Å². The van der Waals surface area contributed by atoms with Gasteiger partial charge in [0.25, 0.3) is 0 Å². The lowest BCUT2D eigenvalue weighted by molar-refractivity contribution is -0.141. The lowest BCUT2D eigenvalue weighted by Crippen LogP contribution is -2.51. The summed E-state index contributed by atoms with van der Waals surface area (Å²) in [7, 11) is 0. The summed E-state index contributed by atoms with van der Waals surface area (Å²) in [5, 5.41) is 22.8. The van der Waals surface area contributed by atoms with Crippen molar-refractivity contribution in [2.24, 2.45) is 0 Å². The van der Waals surface area contributed by atoms with E-state index in [9.17, 15) is 14.7 Å². The number of carboxylic acids is 1. The summed E-state index contributed by atoms with van der Waals surface area (Å²) < 4.78 is 0. The molecule has 1 aliphatic carbocycles. The topological polar surface area (TPSA) is 98.7 Å². The van der Waals surface area contributed by atoms with Crippen molar-refractivity contribution in [2.45, 2.75) is 44.8 Å². The fraction of sp³-hybridized carbons (Fsp3) is 0.667. The van der Waals surface area contributed by atoms with E-state index in [2.05, 4.69) is 16.7 Å². The number of carbonyl (C=O) groups is 2. The molecule has 0 aliphatic heterocycles. The van der Waals surface area contributed by atoms with E-state index in [0.717, 1.165) is 19.3 Å². The number of urea groups is 1. The molecule has 0 bridgehead atoms. The van der Waals surface area contributed by atoms with Crippen LogP contribution in [0.5, 0.6) is 0 Å². The first kappa shape index (κ1) is 14.5. The molecule has 0 aromatic heterocycles. The summed E-state index contributed by atoms with van der Waals surface area (Å²) in [5.74, 6) is -1.25. The van der Waals surface area contributed by atoms with E-state index in [1.807, 2.05) is 0 Å². The molecule has 0 aromatic rings. The zero-order chi connectivity index (χ0) is 13.5. The molecule has 0 fully saturated rings. The van der Waals surface area contributed by atoms with Crippen LogP contribution in [0.3, 0.4) is 0 Å². The number of hydrogen-bond donors (Lipinski definition) is 4. The van der Waals surface area contributed by atoms with Gasteiger partial charge >= 0.3 is 12.0 Å². The van der Waals surface area contributed by atoms with Crippen LogP contribution >= 0.6 is 0 Å². The Labute approximate surface area is 106 Å². The molecule has 0 aromatic carbocycles. The number of hydrogen-bond acceptors (Lipinski definition) is 3. The average Bonchev–Trinajstić information content (AvgIpc) is 2.78. The molecule has 18 heavy (non-hydrogen) atoms. The molecule has 2 atom stereocenters. The first-order chi connectivity index (χ1) is 8.50. The number of nitrogens with one attached hydrogen (secondary N) is 2. The quantitative estimate of drug-likeness (QED) is 0.523. The second-order valence-electron chi connectivity index (χ2n) is 4.46. The van der Waals surface area contributed by atoms with E-state index in [1.165, 1.54) is 18.9 Å². The zero-order valence-electron chi connectivity index (χ0n) is 10.5. The third-order valence-electron chi connectivity index (χ3n) is 2.90. The molecule has 1 rings (SSSR count). The van der Waals surface area contributed by atoms with Crippen LogP contribution in [0.2, 0.25) is 0 Å². The Morgan fingerprint density at radius 1 is 1.50 bits per heavy atom. The van der Waals surface area contributed by atoms with Gasteiger partial charge in [0.15, 0.2) is 6.04 Å². The van der Waals surface area contributed by atoms with Gasteiger partial charge in [0.05, 0.1) is 6.10 Å². The number of allylic oxidation sites excluding steroid dienone is 1. The Bertz CT molecular complexity index is 339. The van der Waals surface area contributed by atoms with Crippen LogP contribution in [0.25, 0.3) is 0 Å². The molecule has 0 heterocycles. The summed E-state index contributed by atoms with van der Waals surface area (Å²) in [6.45, 7) is 1.80. The van der Waals surface area contributed by atoms with Crippen molar-refractivity contribution < 1.29 is 19.8 Å². The minimum Gasteiger partial charge on any atom is -0.480 e. The zero-order valence-corrected chi connectivity index (χ0v) is 10.5. The second kappa shape index (κ2) is 7.00. The largest absolute Gasteiger partial charge is 0.480 e. The van der Waals surface area contributed by atoms with E-state index in [0.29, 0.717) is 6.54 Å². The summed E-state index contributed by atoms with van der Waals surface area (Å²) in [5.41, 5.74) is 1.33. The van der Waals surface area contributed by atoms with Crippen LogP contribution in [-0.4, -0.2) is 40.9 Å². The standard InChI is InChI=1S/C12H20N2O4/c1-8(15)10(11(16)17)14-12(18)13-7-6-9-4-2-3-5-9/h4,8,10,15H,2-3,5-7H2,1H3,(H,16,17)(H2,13,14,18). The Morgan fingerprint density at radius 2 is 2.22 bits per heavy atom. The van der Waals surface area contributed by atoms with Crippen molar-refractivity contribution in [3.63, 3.8) is 0 Å². The predicted molar refractivity (Wildman–Crippen MR) is 66.2 cm³/mol. The fourth-order valence-electron chi connectivity index (χ4n) is 1.88. The molecule has 0 saturated heterocycles. The molecular weight excluding hydrogens is 236 g/mol. The van der Waals surface area contributed by atoms with E-state index in [4.69, 9.17) is 5.11 Å². The predicted octanol–water partition coefficient (Wildman–Crippen LogP) is 0.620. The highest BCUT2D eigenvalue weighted by molar-refractivity contribution is 5.82. The van der Waals surface area contributed by atoms with Crippen LogP contribution < -0.4 is 10.6 Å². The first-order valence-electron chi connectivity index (χ1n) is 6.14. The van der Waals surface area contributed by atoms with Gasteiger partial charge in [-0.05, 0) is 32.6 Å². The number of rotatable bonds is 6. The van der Waals surface area contributed by atoms with Crippen molar-refractivity contribution in [1.29, 1.82) is 0 Å². The van der Waals surface area contributed by atoms with Gasteiger partial charge in [-0.2, -0.15) is 0 Å². The molecule has 2 amide bonds. The number of aliphatic carboxylic acids is 1. The molecule has 1 aliphatic rings. The highest BCUT2D eigenvalue weighted by Gasteiger charge is 2.24. The van der Waals surface area contributed by atoms with Crippen LogP contribution in [0.4, 0.5) is 4.79 Å². The van der Waals surface area contributed by atoms with Gasteiger partial charge in [0, 0.05) is 6.54 Å². The van der Waals surface area contributed by atoms with Gasteiger partial charge in [-0.1, -0.05) is 11.6 Å². The monoisotopic (exact) mass is 256 g/mol. The maximum absolute atomic E-state index is 11.4.